The molecule has 7 nitrogen and oxygen atoms in total. The zero-order chi connectivity index (χ0) is 16.0. The Bertz CT molecular complexity index is 599. The summed E-state index contributed by atoms with van der Waals surface area (Å²) in [6.45, 7) is 1.48. The minimum Gasteiger partial charge on any atom is -0.497 e. The van der Waals surface area contributed by atoms with Crippen molar-refractivity contribution in [1.82, 2.24) is 0 Å². The highest BCUT2D eigenvalue weighted by Gasteiger charge is 2.23. The van der Waals surface area contributed by atoms with Gasteiger partial charge in [-0.25, -0.2) is 8.42 Å². The number of anilines is 1. The van der Waals surface area contributed by atoms with Crippen molar-refractivity contribution in [3.05, 3.63) is 18.2 Å². The molecule has 0 aromatic heterocycles. The summed E-state index contributed by atoms with van der Waals surface area (Å²) in [5, 5.41) is 0. The summed E-state index contributed by atoms with van der Waals surface area (Å²) in [7, 11) is 0.418. The quantitative estimate of drug-likeness (QED) is 0.761. The van der Waals surface area contributed by atoms with Crippen molar-refractivity contribution in [2.45, 2.75) is 6.92 Å². The Morgan fingerprint density at radius 1 is 1.24 bits per heavy atom. The Labute approximate surface area is 124 Å². The number of methoxy groups -OCH3 is 3. The molecule has 1 N–H and O–H groups in total. The maximum absolute atomic E-state index is 12.0. The van der Waals surface area contributed by atoms with Crippen LogP contribution in [0.5, 0.6) is 11.5 Å². The molecule has 1 rings (SSSR count). The van der Waals surface area contributed by atoms with Gasteiger partial charge in [0.2, 0.25) is 10.0 Å². The van der Waals surface area contributed by atoms with Gasteiger partial charge in [0.05, 0.1) is 38.7 Å². The van der Waals surface area contributed by atoms with Crippen molar-refractivity contribution in [3.8, 4) is 11.5 Å². The second kappa shape index (κ2) is 7.16. The number of ether oxygens (including phenoxy) is 3. The summed E-state index contributed by atoms with van der Waals surface area (Å²) < 4.78 is 41.1. The summed E-state index contributed by atoms with van der Waals surface area (Å²) in [4.78, 5) is 11.3. The van der Waals surface area contributed by atoms with E-state index >= 15 is 0 Å². The second-order valence-corrected chi connectivity index (χ2v) is 6.14. The third-order valence-corrected chi connectivity index (χ3v) is 4.22. The van der Waals surface area contributed by atoms with E-state index < -0.39 is 21.9 Å². The molecule has 0 fully saturated rings. The number of nitrogens with one attached hydrogen (secondary N) is 1. The standard InChI is InChI=1S/C13H19NO6S/c1-9(13(15)20-4)8-21(16,17)14-11-6-5-10(18-2)7-12(11)19-3/h5-7,9,14H,8H2,1-4H3. The van der Waals surface area contributed by atoms with Gasteiger partial charge in [0.1, 0.15) is 11.5 Å². The summed E-state index contributed by atoms with van der Waals surface area (Å²) >= 11 is 0. The molecule has 0 spiro atoms. The molecule has 21 heavy (non-hydrogen) atoms. The van der Waals surface area contributed by atoms with Gasteiger partial charge in [-0.15, -0.1) is 0 Å². The highest BCUT2D eigenvalue weighted by Crippen LogP contribution is 2.30. The van der Waals surface area contributed by atoms with Crippen LogP contribution in [0.15, 0.2) is 18.2 Å². The highest BCUT2D eigenvalue weighted by atomic mass is 32.2. The van der Waals surface area contributed by atoms with Crippen LogP contribution in [0.3, 0.4) is 0 Å². The monoisotopic (exact) mass is 317 g/mol. The van der Waals surface area contributed by atoms with E-state index in [1.54, 1.807) is 12.1 Å². The zero-order valence-electron chi connectivity index (χ0n) is 12.4. The minimum absolute atomic E-state index is 0.273. The van der Waals surface area contributed by atoms with E-state index in [4.69, 9.17) is 9.47 Å². The molecule has 0 saturated heterocycles. The van der Waals surface area contributed by atoms with Gasteiger partial charge in [-0.1, -0.05) is 6.92 Å². The first-order chi connectivity index (χ1) is 9.82. The third kappa shape index (κ3) is 4.82. The number of hydrogen-bond donors (Lipinski definition) is 1. The van der Waals surface area contributed by atoms with Crippen LogP contribution in [-0.2, 0) is 19.6 Å². The molecule has 0 heterocycles. The predicted molar refractivity (Wildman–Crippen MR) is 78.1 cm³/mol. The van der Waals surface area contributed by atoms with Crippen molar-refractivity contribution < 1.29 is 27.4 Å². The average molecular weight is 317 g/mol. The molecule has 0 saturated carbocycles. The Hall–Kier alpha value is -1.96. The number of esters is 1. The Balaban J connectivity index is 2.91. The largest absolute Gasteiger partial charge is 0.497 e. The molecular weight excluding hydrogens is 298 g/mol. The molecule has 0 aliphatic rings. The van der Waals surface area contributed by atoms with E-state index in [0.29, 0.717) is 11.5 Å². The molecule has 0 bridgehead atoms. The second-order valence-electron chi connectivity index (χ2n) is 4.37. The van der Waals surface area contributed by atoms with E-state index in [2.05, 4.69) is 9.46 Å². The molecule has 1 atom stereocenters. The molecule has 1 unspecified atom stereocenters. The minimum atomic E-state index is -3.71. The third-order valence-electron chi connectivity index (χ3n) is 2.75. The van der Waals surface area contributed by atoms with Crippen LogP contribution in [-0.4, -0.2) is 41.5 Å². The molecule has 0 amide bonds. The van der Waals surface area contributed by atoms with E-state index in [0.717, 1.165) is 0 Å². The average Bonchev–Trinajstić information content (AvgIpc) is 2.45. The Kier molecular flexibility index (Phi) is 5.83. The van der Waals surface area contributed by atoms with Gasteiger partial charge in [0.15, 0.2) is 0 Å². The van der Waals surface area contributed by atoms with Gasteiger partial charge >= 0.3 is 5.97 Å². The van der Waals surface area contributed by atoms with Gasteiger partial charge in [0.25, 0.3) is 0 Å². The van der Waals surface area contributed by atoms with Crippen molar-refractivity contribution >= 4 is 21.7 Å². The van der Waals surface area contributed by atoms with Crippen LogP contribution >= 0.6 is 0 Å². The fourth-order valence-corrected chi connectivity index (χ4v) is 3.07. The number of carbonyl (C=O) groups excluding carboxylic acids is 1. The van der Waals surface area contributed by atoms with Crippen molar-refractivity contribution in [2.24, 2.45) is 5.92 Å². The summed E-state index contributed by atoms with van der Waals surface area (Å²) in [6.07, 6.45) is 0. The van der Waals surface area contributed by atoms with E-state index in [1.165, 1.54) is 34.3 Å². The smallest absolute Gasteiger partial charge is 0.309 e. The normalized spacial score (nSPS) is 12.4. The molecule has 118 valence electrons. The van der Waals surface area contributed by atoms with Gasteiger partial charge in [0, 0.05) is 6.07 Å². The first-order valence-electron chi connectivity index (χ1n) is 6.13. The fraction of sp³-hybridized carbons (Fsp3) is 0.462. The summed E-state index contributed by atoms with van der Waals surface area (Å²) in [6, 6.07) is 4.68. The summed E-state index contributed by atoms with van der Waals surface area (Å²) in [5.41, 5.74) is 0.273. The zero-order valence-corrected chi connectivity index (χ0v) is 13.2. The lowest BCUT2D eigenvalue weighted by Gasteiger charge is -2.14. The fourth-order valence-electron chi connectivity index (χ4n) is 1.69. The van der Waals surface area contributed by atoms with Crippen molar-refractivity contribution in [2.75, 3.05) is 31.8 Å². The van der Waals surface area contributed by atoms with Gasteiger partial charge < -0.3 is 14.2 Å². The van der Waals surface area contributed by atoms with Crippen LogP contribution in [0.25, 0.3) is 0 Å². The first kappa shape index (κ1) is 17.1. The van der Waals surface area contributed by atoms with E-state index in [9.17, 15) is 13.2 Å². The highest BCUT2D eigenvalue weighted by molar-refractivity contribution is 7.92. The number of rotatable bonds is 7. The molecular formula is C13H19NO6S. The molecule has 8 heteroatoms. The number of hydrogen-bond acceptors (Lipinski definition) is 6. The Morgan fingerprint density at radius 2 is 1.90 bits per heavy atom. The number of benzene rings is 1. The molecule has 1 aromatic rings. The van der Waals surface area contributed by atoms with Crippen LogP contribution in [0, 0.1) is 5.92 Å². The van der Waals surface area contributed by atoms with Gasteiger partial charge in [-0.2, -0.15) is 0 Å². The summed E-state index contributed by atoms with van der Waals surface area (Å²) in [5.74, 6) is -0.866. The molecule has 1 aromatic carbocycles. The SMILES string of the molecule is COC(=O)C(C)CS(=O)(=O)Nc1ccc(OC)cc1OC. The topological polar surface area (TPSA) is 90.9 Å². The molecule has 0 radical (unpaired) electrons. The predicted octanol–water partition coefficient (Wildman–Crippen LogP) is 1.25. The van der Waals surface area contributed by atoms with Gasteiger partial charge in [-0.3, -0.25) is 9.52 Å². The number of sulfonamides is 1. The van der Waals surface area contributed by atoms with Crippen LogP contribution in [0.4, 0.5) is 5.69 Å². The van der Waals surface area contributed by atoms with Crippen LogP contribution in [0.1, 0.15) is 6.92 Å². The van der Waals surface area contributed by atoms with Crippen LogP contribution < -0.4 is 14.2 Å². The first-order valence-corrected chi connectivity index (χ1v) is 7.78. The number of carbonyl (C=O) groups is 1. The lowest BCUT2D eigenvalue weighted by atomic mass is 10.2. The lowest BCUT2D eigenvalue weighted by molar-refractivity contribution is -0.144. The lowest BCUT2D eigenvalue weighted by Crippen LogP contribution is -2.26. The van der Waals surface area contributed by atoms with E-state index in [1.807, 2.05) is 0 Å². The van der Waals surface area contributed by atoms with Crippen molar-refractivity contribution in [1.29, 1.82) is 0 Å². The molecule has 0 aliphatic heterocycles. The van der Waals surface area contributed by atoms with Gasteiger partial charge in [-0.05, 0) is 12.1 Å². The van der Waals surface area contributed by atoms with Crippen molar-refractivity contribution in [3.63, 3.8) is 0 Å². The van der Waals surface area contributed by atoms with E-state index in [-0.39, 0.29) is 11.4 Å². The maximum Gasteiger partial charge on any atom is 0.309 e. The molecule has 0 aliphatic carbocycles. The van der Waals surface area contributed by atoms with Crippen LogP contribution in [0.2, 0.25) is 0 Å². The Morgan fingerprint density at radius 3 is 2.43 bits per heavy atom. The maximum atomic E-state index is 12.0.